The number of rotatable bonds is 4. The molecular formula is C10H16NO3S2+. The number of quaternary nitrogens is 1. The monoisotopic (exact) mass is 262 g/mol. The molecule has 0 unspecified atom stereocenters. The Balaban J connectivity index is 2.55. The van der Waals surface area contributed by atoms with E-state index in [1.807, 2.05) is 0 Å². The highest BCUT2D eigenvalue weighted by Gasteiger charge is 2.52. The fourth-order valence-corrected chi connectivity index (χ4v) is 2.69. The van der Waals surface area contributed by atoms with Gasteiger partial charge in [-0.05, 0) is 18.8 Å². The molecule has 0 spiro atoms. The summed E-state index contributed by atoms with van der Waals surface area (Å²) in [6.45, 7) is 4.14. The molecule has 0 aliphatic carbocycles. The highest BCUT2D eigenvalue weighted by molar-refractivity contribution is 8.19. The second-order valence-corrected chi connectivity index (χ2v) is 6.21. The van der Waals surface area contributed by atoms with E-state index >= 15 is 0 Å². The Hall–Kier alpha value is -0.300. The van der Waals surface area contributed by atoms with Gasteiger partial charge in [0.15, 0.2) is 11.9 Å². The molecule has 0 aromatic carbocycles. The van der Waals surface area contributed by atoms with Crippen molar-refractivity contribution in [2.45, 2.75) is 39.5 Å². The summed E-state index contributed by atoms with van der Waals surface area (Å²) in [6, 6.07) is 0. The first-order valence-electron chi connectivity index (χ1n) is 5.27. The summed E-state index contributed by atoms with van der Waals surface area (Å²) in [7, 11) is 0. The second-order valence-electron chi connectivity index (χ2n) is 4.26. The first-order valence-corrected chi connectivity index (χ1v) is 6.45. The Labute approximate surface area is 105 Å². The first kappa shape index (κ1) is 13.8. The largest absolute Gasteiger partial charge is 0.366 e. The minimum atomic E-state index is -1.18. The number of hydroxylamine groups is 2. The van der Waals surface area contributed by atoms with E-state index in [4.69, 9.17) is 12.2 Å². The molecule has 2 amide bonds. The van der Waals surface area contributed by atoms with Crippen molar-refractivity contribution in [3.8, 4) is 0 Å². The van der Waals surface area contributed by atoms with Crippen molar-refractivity contribution in [1.82, 2.24) is 0 Å². The van der Waals surface area contributed by atoms with Crippen molar-refractivity contribution in [1.29, 1.82) is 0 Å². The summed E-state index contributed by atoms with van der Waals surface area (Å²) in [6.07, 6.45) is 1.75. The molecule has 1 aliphatic heterocycles. The molecule has 1 saturated heterocycles. The minimum Gasteiger partial charge on any atom is -0.226 e. The summed E-state index contributed by atoms with van der Waals surface area (Å²) < 4.78 is -0.670. The van der Waals surface area contributed by atoms with Gasteiger partial charge in [0, 0.05) is 4.05 Å². The molecule has 90 valence electrons. The van der Waals surface area contributed by atoms with Gasteiger partial charge in [0.05, 0.1) is 12.8 Å². The maximum absolute atomic E-state index is 11.4. The van der Waals surface area contributed by atoms with Gasteiger partial charge >= 0.3 is 11.8 Å². The summed E-state index contributed by atoms with van der Waals surface area (Å²) in [5.74, 6) is -0.431. The SMILES string of the molecule is CC(C)CCC(=S)S[N+]1(O)C(=O)CCC1=O. The van der Waals surface area contributed by atoms with Crippen molar-refractivity contribution >= 4 is 40.2 Å². The van der Waals surface area contributed by atoms with Crippen LogP contribution in [0.3, 0.4) is 0 Å². The first-order chi connectivity index (χ1) is 7.36. The molecule has 16 heavy (non-hydrogen) atoms. The van der Waals surface area contributed by atoms with Crippen LogP contribution in [-0.4, -0.2) is 25.3 Å². The van der Waals surface area contributed by atoms with Gasteiger partial charge in [0.2, 0.25) is 0 Å². The molecule has 0 aromatic rings. The van der Waals surface area contributed by atoms with Crippen LogP contribution in [0, 0.1) is 5.92 Å². The molecule has 0 atom stereocenters. The molecule has 0 bridgehead atoms. The van der Waals surface area contributed by atoms with Crippen molar-refractivity contribution in [3.63, 3.8) is 0 Å². The van der Waals surface area contributed by atoms with Crippen LogP contribution in [0.5, 0.6) is 0 Å². The lowest BCUT2D eigenvalue weighted by atomic mass is 10.1. The maximum Gasteiger partial charge on any atom is 0.366 e. The molecule has 6 heteroatoms. The van der Waals surface area contributed by atoms with Crippen LogP contribution in [0.4, 0.5) is 0 Å². The molecule has 1 heterocycles. The average molecular weight is 262 g/mol. The number of imide groups is 1. The lowest BCUT2D eigenvalue weighted by molar-refractivity contribution is -0.853. The second kappa shape index (κ2) is 5.35. The third kappa shape index (κ3) is 3.10. The van der Waals surface area contributed by atoms with Crippen LogP contribution in [0.25, 0.3) is 0 Å². The van der Waals surface area contributed by atoms with E-state index in [-0.39, 0.29) is 12.8 Å². The summed E-state index contributed by atoms with van der Waals surface area (Å²) >= 11 is 5.86. The van der Waals surface area contributed by atoms with E-state index in [0.29, 0.717) is 16.5 Å². The molecule has 0 saturated carbocycles. The van der Waals surface area contributed by atoms with E-state index < -0.39 is 15.9 Å². The summed E-state index contributed by atoms with van der Waals surface area (Å²) in [4.78, 5) is 22.8. The van der Waals surface area contributed by atoms with Gasteiger partial charge in [-0.1, -0.05) is 26.1 Å². The maximum atomic E-state index is 11.4. The number of hydrogen-bond donors (Lipinski definition) is 1. The zero-order chi connectivity index (χ0) is 12.3. The fraction of sp³-hybridized carbons (Fsp3) is 0.700. The van der Waals surface area contributed by atoms with Crippen molar-refractivity contribution in [3.05, 3.63) is 0 Å². The number of hydrogen-bond acceptors (Lipinski definition) is 5. The zero-order valence-electron chi connectivity index (χ0n) is 9.43. The molecule has 0 radical (unpaired) electrons. The number of amides is 2. The smallest absolute Gasteiger partial charge is 0.226 e. The van der Waals surface area contributed by atoms with Crippen LogP contribution < -0.4 is 0 Å². The summed E-state index contributed by atoms with van der Waals surface area (Å²) in [5, 5.41) is 9.88. The fourth-order valence-electron chi connectivity index (χ4n) is 1.36. The number of carbonyl (C=O) groups excluding carboxylic acids is 2. The molecule has 0 aromatic heterocycles. The van der Waals surface area contributed by atoms with Crippen LogP contribution in [0.15, 0.2) is 0 Å². The molecular weight excluding hydrogens is 246 g/mol. The number of thiocarbonyl (C=S) groups is 1. The van der Waals surface area contributed by atoms with E-state index in [0.717, 1.165) is 18.4 Å². The molecule has 4 nitrogen and oxygen atoms in total. The van der Waals surface area contributed by atoms with Gasteiger partial charge in [-0.2, -0.15) is 5.21 Å². The van der Waals surface area contributed by atoms with Gasteiger partial charge in [0.1, 0.15) is 4.20 Å². The van der Waals surface area contributed by atoms with Crippen molar-refractivity contribution in [2.75, 3.05) is 0 Å². The normalized spacial score (nSPS) is 19.5. The van der Waals surface area contributed by atoms with E-state index in [9.17, 15) is 14.8 Å². The van der Waals surface area contributed by atoms with E-state index in [1.54, 1.807) is 0 Å². The Morgan fingerprint density at radius 1 is 1.44 bits per heavy atom. The number of carbonyl (C=O) groups is 2. The van der Waals surface area contributed by atoms with Crippen LogP contribution in [0.1, 0.15) is 39.5 Å². The Morgan fingerprint density at radius 2 is 1.94 bits per heavy atom. The third-order valence-electron chi connectivity index (χ3n) is 2.39. The number of nitrogens with zero attached hydrogens (tertiary/aromatic N) is 1. The molecule has 1 fully saturated rings. The van der Waals surface area contributed by atoms with Crippen LogP contribution >= 0.6 is 24.2 Å². The lowest BCUT2D eigenvalue weighted by Crippen LogP contribution is -2.43. The van der Waals surface area contributed by atoms with Crippen LogP contribution in [0.2, 0.25) is 0 Å². The standard InChI is InChI=1S/C10H16NO3S2/c1-7(2)3-6-10(15)16-11(14)8(12)4-5-9(11)13/h7,14H,3-6H2,1-2H3/q+1. The zero-order valence-corrected chi connectivity index (χ0v) is 11.1. The van der Waals surface area contributed by atoms with E-state index in [1.165, 1.54) is 0 Å². The van der Waals surface area contributed by atoms with E-state index in [2.05, 4.69) is 13.8 Å². The highest BCUT2D eigenvalue weighted by Crippen LogP contribution is 2.32. The van der Waals surface area contributed by atoms with Gasteiger partial charge in [0.25, 0.3) is 0 Å². The Morgan fingerprint density at radius 3 is 2.38 bits per heavy atom. The minimum absolute atomic E-state index is 0.106. The quantitative estimate of drug-likeness (QED) is 0.277. The Bertz CT molecular complexity index is 312. The van der Waals surface area contributed by atoms with Gasteiger partial charge < -0.3 is 0 Å². The predicted octanol–water partition coefficient (Wildman–Crippen LogP) is 2.45. The predicted molar refractivity (Wildman–Crippen MR) is 65.6 cm³/mol. The molecule has 1 aliphatic rings. The summed E-state index contributed by atoms with van der Waals surface area (Å²) in [5.41, 5.74) is 0. The van der Waals surface area contributed by atoms with Crippen molar-refractivity contribution in [2.24, 2.45) is 5.92 Å². The van der Waals surface area contributed by atoms with Gasteiger partial charge in [-0.3, -0.25) is 0 Å². The van der Waals surface area contributed by atoms with Gasteiger partial charge in [-0.25, -0.2) is 9.59 Å². The Kier molecular flexibility index (Phi) is 4.61. The average Bonchev–Trinajstić information content (AvgIpc) is 2.43. The third-order valence-corrected chi connectivity index (χ3v) is 3.90. The van der Waals surface area contributed by atoms with Crippen molar-refractivity contribution < 1.29 is 18.8 Å². The van der Waals surface area contributed by atoms with Gasteiger partial charge in [-0.15, -0.1) is 0 Å². The lowest BCUT2D eigenvalue weighted by Gasteiger charge is -2.16. The molecule has 1 N–H and O–H groups in total. The molecule has 1 rings (SSSR count). The highest BCUT2D eigenvalue weighted by atomic mass is 32.2. The topological polar surface area (TPSA) is 54.4 Å². The van der Waals surface area contributed by atoms with Crippen LogP contribution in [-0.2, 0) is 9.59 Å².